The molecule has 0 atom stereocenters. The van der Waals surface area contributed by atoms with Crippen LogP contribution in [0.2, 0.25) is 21.6 Å². The van der Waals surface area contributed by atoms with Crippen LogP contribution in [0.25, 0.3) is 10.9 Å². The summed E-state index contributed by atoms with van der Waals surface area (Å²) < 4.78 is 8.11. The zero-order chi connectivity index (χ0) is 18.9. The minimum Gasteiger partial charge on any atom is -0.497 e. The van der Waals surface area contributed by atoms with Gasteiger partial charge in [0.15, 0.2) is 8.24 Å². The van der Waals surface area contributed by atoms with Gasteiger partial charge in [-0.1, -0.05) is 53.1 Å². The Bertz CT molecular complexity index is 715. The molecule has 3 nitrogen and oxygen atoms in total. The molecule has 1 heterocycles. The standard InChI is InChI=1S/C20H33ClN2OSi/c1-13(2)25(14(3)4,15(5)6)23-12-16(8-9-22)20-18(21)10-17(24-7)11-19(20)23/h10-15H,8-9,22H2,1-7H3. The second-order valence-corrected chi connectivity index (χ2v) is 14.0. The number of nitrogens with zero attached hydrogens (tertiary/aromatic N) is 1. The van der Waals surface area contributed by atoms with Crippen molar-refractivity contribution in [1.29, 1.82) is 0 Å². The Kier molecular flexibility index (Phi) is 6.29. The monoisotopic (exact) mass is 380 g/mol. The summed E-state index contributed by atoms with van der Waals surface area (Å²) in [6, 6.07) is 4.06. The number of fused-ring (bicyclic) bond motifs is 1. The van der Waals surface area contributed by atoms with Gasteiger partial charge in [0.25, 0.3) is 0 Å². The van der Waals surface area contributed by atoms with Crippen LogP contribution in [-0.2, 0) is 6.42 Å². The van der Waals surface area contributed by atoms with Crippen molar-refractivity contribution in [3.05, 3.63) is 28.9 Å². The van der Waals surface area contributed by atoms with Crippen molar-refractivity contribution in [2.45, 2.75) is 64.6 Å². The first kappa shape index (κ1) is 20.3. The molecule has 5 heteroatoms. The Morgan fingerprint density at radius 1 is 1.08 bits per heavy atom. The average molecular weight is 381 g/mol. The van der Waals surface area contributed by atoms with Gasteiger partial charge >= 0.3 is 0 Å². The molecule has 2 rings (SSSR count). The van der Waals surface area contributed by atoms with Crippen molar-refractivity contribution >= 4 is 30.7 Å². The first-order chi connectivity index (χ1) is 11.7. The molecule has 0 fully saturated rings. The van der Waals surface area contributed by atoms with Gasteiger partial charge in [0, 0.05) is 17.0 Å². The molecule has 0 amide bonds. The van der Waals surface area contributed by atoms with Crippen LogP contribution in [-0.4, -0.2) is 26.1 Å². The fourth-order valence-corrected chi connectivity index (χ4v) is 12.0. The molecule has 0 saturated heterocycles. The number of nitrogens with two attached hydrogens (primary N) is 1. The van der Waals surface area contributed by atoms with Crippen molar-refractivity contribution in [3.8, 4) is 5.75 Å². The van der Waals surface area contributed by atoms with Crippen molar-refractivity contribution in [3.63, 3.8) is 0 Å². The van der Waals surface area contributed by atoms with E-state index >= 15 is 0 Å². The summed E-state index contributed by atoms with van der Waals surface area (Å²) in [4.78, 5) is 0. The Labute approximate surface area is 158 Å². The molecule has 25 heavy (non-hydrogen) atoms. The molecule has 0 bridgehead atoms. The van der Waals surface area contributed by atoms with Crippen LogP contribution >= 0.6 is 11.6 Å². The van der Waals surface area contributed by atoms with E-state index in [-0.39, 0.29) is 0 Å². The number of methoxy groups -OCH3 is 1. The van der Waals surface area contributed by atoms with E-state index in [4.69, 9.17) is 22.1 Å². The molecular weight excluding hydrogens is 348 g/mol. The van der Waals surface area contributed by atoms with Crippen LogP contribution in [0.3, 0.4) is 0 Å². The molecule has 140 valence electrons. The molecule has 2 aromatic rings. The van der Waals surface area contributed by atoms with Crippen LogP contribution < -0.4 is 10.5 Å². The van der Waals surface area contributed by atoms with Gasteiger partial charge in [-0.25, -0.2) is 0 Å². The van der Waals surface area contributed by atoms with Crippen LogP contribution in [0, 0.1) is 0 Å². The first-order valence-corrected chi connectivity index (χ1v) is 11.8. The molecule has 0 aliphatic carbocycles. The SMILES string of the molecule is COc1cc(Cl)c2c(CCN)cn([Si](C(C)C)(C(C)C)C(C)C)c2c1. The number of rotatable bonds is 7. The van der Waals surface area contributed by atoms with Gasteiger partial charge in [-0.2, -0.15) is 0 Å². The van der Waals surface area contributed by atoms with E-state index in [1.54, 1.807) is 7.11 Å². The largest absolute Gasteiger partial charge is 0.497 e. The second kappa shape index (κ2) is 7.73. The van der Waals surface area contributed by atoms with Gasteiger partial charge in [-0.3, -0.25) is 0 Å². The lowest BCUT2D eigenvalue weighted by Gasteiger charge is -2.44. The van der Waals surface area contributed by atoms with E-state index in [1.165, 1.54) is 11.1 Å². The Morgan fingerprint density at radius 3 is 2.08 bits per heavy atom. The van der Waals surface area contributed by atoms with Crippen LogP contribution in [0.4, 0.5) is 0 Å². The maximum Gasteiger partial charge on any atom is 0.169 e. The first-order valence-electron chi connectivity index (χ1n) is 9.29. The fourth-order valence-electron chi connectivity index (χ4n) is 4.98. The number of aromatic nitrogens is 1. The molecule has 2 N–H and O–H groups in total. The van der Waals surface area contributed by atoms with Crippen molar-refractivity contribution < 1.29 is 4.74 Å². The number of hydrogen-bond acceptors (Lipinski definition) is 2. The van der Waals surface area contributed by atoms with Crippen LogP contribution in [0.1, 0.15) is 47.1 Å². The Morgan fingerprint density at radius 2 is 1.64 bits per heavy atom. The fraction of sp³-hybridized carbons (Fsp3) is 0.600. The van der Waals surface area contributed by atoms with E-state index in [2.05, 4.69) is 58.0 Å². The number of hydrogen-bond donors (Lipinski definition) is 1. The maximum atomic E-state index is 6.67. The van der Waals surface area contributed by atoms with E-state index in [1.807, 2.05) is 6.07 Å². The summed E-state index contributed by atoms with van der Waals surface area (Å²) in [5, 5.41) is 1.91. The normalized spacial score (nSPS) is 12.8. The van der Waals surface area contributed by atoms with Crippen LogP contribution in [0.15, 0.2) is 18.3 Å². The quantitative estimate of drug-likeness (QED) is 0.614. The molecule has 0 spiro atoms. The minimum atomic E-state index is -1.87. The van der Waals surface area contributed by atoms with Gasteiger partial charge in [0.2, 0.25) is 0 Å². The summed E-state index contributed by atoms with van der Waals surface area (Å²) >= 11 is 6.67. The molecule has 0 radical (unpaired) electrons. The van der Waals surface area contributed by atoms with Gasteiger partial charge in [0.1, 0.15) is 5.75 Å². The molecule has 1 aromatic carbocycles. The maximum absolute atomic E-state index is 6.67. The van der Waals surface area contributed by atoms with Gasteiger partial charge in [0.05, 0.1) is 12.1 Å². The van der Waals surface area contributed by atoms with E-state index in [9.17, 15) is 0 Å². The lowest BCUT2D eigenvalue weighted by atomic mass is 10.1. The smallest absolute Gasteiger partial charge is 0.169 e. The van der Waals surface area contributed by atoms with Crippen molar-refractivity contribution in [1.82, 2.24) is 4.23 Å². The topological polar surface area (TPSA) is 40.2 Å². The van der Waals surface area contributed by atoms with E-state index in [0.717, 1.165) is 22.6 Å². The summed E-state index contributed by atoms with van der Waals surface area (Å²) in [7, 11) is -0.175. The van der Waals surface area contributed by atoms with Gasteiger partial charge < -0.3 is 14.7 Å². The lowest BCUT2D eigenvalue weighted by molar-refractivity contribution is 0.415. The molecule has 0 saturated carbocycles. The van der Waals surface area contributed by atoms with E-state index in [0.29, 0.717) is 23.2 Å². The van der Waals surface area contributed by atoms with Crippen molar-refractivity contribution in [2.24, 2.45) is 5.73 Å². The molecule has 1 aromatic heterocycles. The third-order valence-electron chi connectivity index (χ3n) is 5.75. The molecule has 0 aliphatic rings. The highest BCUT2D eigenvalue weighted by molar-refractivity contribution is 6.82. The highest BCUT2D eigenvalue weighted by atomic mass is 35.5. The van der Waals surface area contributed by atoms with Crippen molar-refractivity contribution in [2.75, 3.05) is 13.7 Å². The summed E-state index contributed by atoms with van der Waals surface area (Å²) in [5.74, 6) is 0.815. The third kappa shape index (κ3) is 3.24. The Hall–Kier alpha value is -0.973. The number of ether oxygens (including phenoxy) is 1. The number of benzene rings is 1. The summed E-state index contributed by atoms with van der Waals surface area (Å²) in [5.41, 5.74) is 10.2. The van der Waals surface area contributed by atoms with Gasteiger partial charge in [-0.15, -0.1) is 0 Å². The van der Waals surface area contributed by atoms with Gasteiger partial charge in [-0.05, 0) is 47.4 Å². The van der Waals surface area contributed by atoms with E-state index < -0.39 is 8.24 Å². The predicted octanol–water partition coefficient (Wildman–Crippen LogP) is 5.83. The molecule has 0 unspecified atom stereocenters. The van der Waals surface area contributed by atoms with Crippen LogP contribution in [0.5, 0.6) is 5.75 Å². The lowest BCUT2D eigenvalue weighted by Crippen LogP contribution is -2.51. The zero-order valence-electron chi connectivity index (χ0n) is 16.7. The third-order valence-corrected chi connectivity index (χ3v) is 12.8. The second-order valence-electron chi connectivity index (χ2n) is 7.92. The highest BCUT2D eigenvalue weighted by Crippen LogP contribution is 2.46. The molecular formula is C20H33ClN2OSi. The zero-order valence-corrected chi connectivity index (χ0v) is 18.4. The molecule has 0 aliphatic heterocycles. The predicted molar refractivity (Wildman–Crippen MR) is 113 cm³/mol. The minimum absolute atomic E-state index is 0.610. The average Bonchev–Trinajstić information content (AvgIpc) is 2.86. The Balaban J connectivity index is 2.94. The summed E-state index contributed by atoms with van der Waals surface area (Å²) in [6.45, 7) is 14.9. The number of halogens is 1. The summed E-state index contributed by atoms with van der Waals surface area (Å²) in [6.07, 6.45) is 3.18. The highest BCUT2D eigenvalue weighted by Gasteiger charge is 2.46.